The maximum Gasteiger partial charge on any atom is -0.00752 e. The van der Waals surface area contributed by atoms with Gasteiger partial charge in [-0.3, -0.25) is 0 Å². The molecule has 0 heterocycles. The fraction of sp³-hybridized carbons (Fsp3) is 0.182. The molecule has 0 aliphatic heterocycles. The van der Waals surface area contributed by atoms with Gasteiger partial charge in [0.1, 0.15) is 0 Å². The normalized spacial score (nSPS) is 13.0. The van der Waals surface area contributed by atoms with Crippen LogP contribution in [0.1, 0.15) is 43.0 Å². The predicted octanol–water partition coefficient (Wildman–Crippen LogP) is 6.83. The van der Waals surface area contributed by atoms with E-state index in [1.807, 2.05) is 26.0 Å². The molecule has 1 aliphatic rings. The first-order valence-electron chi connectivity index (χ1n) is 7.94. The van der Waals surface area contributed by atoms with Gasteiger partial charge in [-0.15, -0.1) is 0 Å². The van der Waals surface area contributed by atoms with Crippen molar-refractivity contribution in [2.24, 2.45) is 5.92 Å². The van der Waals surface area contributed by atoms with E-state index in [0.29, 0.717) is 5.92 Å². The third kappa shape index (κ3) is 3.12. The van der Waals surface area contributed by atoms with E-state index in [1.54, 1.807) is 0 Å². The fourth-order valence-corrected chi connectivity index (χ4v) is 2.64. The van der Waals surface area contributed by atoms with Crippen LogP contribution in [0, 0.1) is 5.92 Å². The first kappa shape index (κ1) is 16.0. The van der Waals surface area contributed by atoms with Gasteiger partial charge in [0.15, 0.2) is 0 Å². The molecule has 0 fully saturated rings. The second kappa shape index (κ2) is 7.09. The maximum atomic E-state index is 3.89. The van der Waals surface area contributed by atoms with Gasteiger partial charge in [0.05, 0.1) is 0 Å². The predicted molar refractivity (Wildman–Crippen MR) is 103 cm³/mol. The van der Waals surface area contributed by atoms with Gasteiger partial charge in [0, 0.05) is 0 Å². The van der Waals surface area contributed by atoms with Crippen LogP contribution in [0.4, 0.5) is 0 Å². The molecule has 1 aliphatic carbocycles. The fourth-order valence-electron chi connectivity index (χ4n) is 2.64. The molecule has 0 radical (unpaired) electrons. The lowest BCUT2D eigenvalue weighted by Crippen LogP contribution is -1.86. The molecule has 2 aromatic carbocycles. The lowest BCUT2D eigenvalue weighted by molar-refractivity contribution is 0.954. The molecule has 0 N–H and O–H groups in total. The van der Waals surface area contributed by atoms with Crippen LogP contribution in [0.25, 0.3) is 35.1 Å². The lowest BCUT2D eigenvalue weighted by Gasteiger charge is -2.08. The molecule has 0 heteroatoms. The molecule has 0 atom stereocenters. The second-order valence-corrected chi connectivity index (χ2v) is 5.29. The van der Waals surface area contributed by atoms with Crippen molar-refractivity contribution in [3.63, 3.8) is 0 Å². The molecule has 0 aromatic heterocycles. The van der Waals surface area contributed by atoms with Crippen molar-refractivity contribution in [3.8, 4) is 0 Å². The number of rotatable bonds is 2. The van der Waals surface area contributed by atoms with Crippen molar-refractivity contribution < 1.29 is 0 Å². The van der Waals surface area contributed by atoms with Crippen LogP contribution < -0.4 is 0 Å². The van der Waals surface area contributed by atoms with Crippen molar-refractivity contribution in [1.29, 1.82) is 0 Å². The Balaban J connectivity index is 0.000000847. The molecule has 0 nitrogen and oxygen atoms in total. The Kier molecular flexibility index (Phi) is 5.16. The highest BCUT2D eigenvalue weighted by Gasteiger charge is 2.06. The summed E-state index contributed by atoms with van der Waals surface area (Å²) in [5.41, 5.74) is 4.82. The first-order chi connectivity index (χ1) is 10.7. The van der Waals surface area contributed by atoms with Gasteiger partial charge in [-0.05, 0) is 63.2 Å². The highest BCUT2D eigenvalue weighted by atomic mass is 14.1. The Bertz CT molecular complexity index is 693. The molecule has 0 amide bonds. The molecule has 0 saturated heterocycles. The molecule has 0 saturated carbocycles. The van der Waals surface area contributed by atoms with Crippen LogP contribution in [0.3, 0.4) is 0 Å². The molecule has 112 valence electrons. The summed E-state index contributed by atoms with van der Waals surface area (Å²) in [6.07, 6.45) is 12.7. The van der Waals surface area contributed by atoms with Gasteiger partial charge in [-0.1, -0.05) is 70.4 Å². The van der Waals surface area contributed by atoms with Crippen molar-refractivity contribution >= 4 is 35.1 Å². The van der Waals surface area contributed by atoms with Gasteiger partial charge >= 0.3 is 0 Å². The van der Waals surface area contributed by atoms with Gasteiger partial charge in [-0.2, -0.15) is 0 Å². The topological polar surface area (TPSA) is 0 Å². The van der Waals surface area contributed by atoms with E-state index in [4.69, 9.17) is 0 Å². The first-order valence-corrected chi connectivity index (χ1v) is 7.94. The molecule has 0 spiro atoms. The summed E-state index contributed by atoms with van der Waals surface area (Å²) in [7, 11) is 0. The van der Waals surface area contributed by atoms with Crippen LogP contribution in [0.2, 0.25) is 0 Å². The van der Waals surface area contributed by atoms with Crippen LogP contribution in [0.15, 0.2) is 49.6 Å². The summed E-state index contributed by atoms with van der Waals surface area (Å²) in [5.74, 6) is 0.484. The van der Waals surface area contributed by atoms with Crippen LogP contribution >= 0.6 is 0 Å². The smallest absolute Gasteiger partial charge is 0.00752 e. The van der Waals surface area contributed by atoms with E-state index < -0.39 is 0 Å². The molecular formula is C22H24. The summed E-state index contributed by atoms with van der Waals surface area (Å²) in [5, 5.41) is 2.49. The minimum absolute atomic E-state index is 0.484. The van der Waals surface area contributed by atoms with E-state index in [-0.39, 0.29) is 0 Å². The molecule has 22 heavy (non-hydrogen) atoms. The Morgan fingerprint density at radius 1 is 0.773 bits per heavy atom. The Labute approximate surface area is 134 Å². The van der Waals surface area contributed by atoms with E-state index in [9.17, 15) is 0 Å². The number of hydrogen-bond acceptors (Lipinski definition) is 0. The quantitative estimate of drug-likeness (QED) is 0.568. The van der Waals surface area contributed by atoms with Gasteiger partial charge in [-0.25, -0.2) is 0 Å². The highest BCUT2D eigenvalue weighted by Crippen LogP contribution is 2.28. The van der Waals surface area contributed by atoms with Crippen LogP contribution in [-0.4, -0.2) is 0 Å². The van der Waals surface area contributed by atoms with Crippen molar-refractivity contribution in [1.82, 2.24) is 0 Å². The maximum absolute atomic E-state index is 3.89. The zero-order chi connectivity index (χ0) is 16.1. The number of hydrogen-bond donors (Lipinski definition) is 0. The number of allylic oxidation sites excluding steroid dienone is 2. The van der Waals surface area contributed by atoms with Crippen LogP contribution in [-0.2, 0) is 0 Å². The zero-order valence-corrected chi connectivity index (χ0v) is 13.8. The molecule has 3 rings (SSSR count). The van der Waals surface area contributed by atoms with Crippen molar-refractivity contribution in [2.45, 2.75) is 20.8 Å². The largest absolute Gasteiger partial charge is 0.0984 e. The van der Waals surface area contributed by atoms with E-state index >= 15 is 0 Å². The molecular weight excluding hydrogens is 264 g/mol. The van der Waals surface area contributed by atoms with Gasteiger partial charge in [0.25, 0.3) is 0 Å². The summed E-state index contributed by atoms with van der Waals surface area (Å²) < 4.78 is 0. The summed E-state index contributed by atoms with van der Waals surface area (Å²) in [4.78, 5) is 0. The van der Waals surface area contributed by atoms with Crippen molar-refractivity contribution in [3.05, 3.63) is 71.8 Å². The average molecular weight is 288 g/mol. The summed E-state index contributed by atoms with van der Waals surface area (Å²) in [6.45, 7) is 14.0. The lowest BCUT2D eigenvalue weighted by atomic mass is 9.96. The minimum Gasteiger partial charge on any atom is -0.0984 e. The zero-order valence-electron chi connectivity index (χ0n) is 13.8. The Hall–Kier alpha value is -2.34. The molecule has 0 unspecified atom stereocenters. The third-order valence-corrected chi connectivity index (χ3v) is 3.84. The summed E-state index contributed by atoms with van der Waals surface area (Å²) in [6, 6.07) is 8.88. The Morgan fingerprint density at radius 2 is 1.18 bits per heavy atom. The highest BCUT2D eigenvalue weighted by molar-refractivity contribution is 5.92. The van der Waals surface area contributed by atoms with Gasteiger partial charge < -0.3 is 0 Å². The minimum atomic E-state index is 0.484. The standard InChI is InChI=1S/C20H18.C2H6/c1-4-15-10-19-12-17-8-6-14(3)7-9-18(17)13-20(19)11-16(15)5-2;1-2/h4-14H,1-2H2,3H3;1-2H3. The van der Waals surface area contributed by atoms with Crippen LogP contribution in [0.5, 0.6) is 0 Å². The van der Waals surface area contributed by atoms with E-state index in [1.165, 1.54) is 21.9 Å². The van der Waals surface area contributed by atoms with Gasteiger partial charge in [0.2, 0.25) is 0 Å². The number of benzene rings is 2. The Morgan fingerprint density at radius 3 is 1.55 bits per heavy atom. The second-order valence-electron chi connectivity index (χ2n) is 5.29. The SMILES string of the molecule is C=Cc1cc2cc3c(cc2cc1C=C)C=CC(C)C=C3.CC. The number of fused-ring (bicyclic) bond motifs is 2. The van der Waals surface area contributed by atoms with E-state index in [0.717, 1.165) is 11.1 Å². The monoisotopic (exact) mass is 288 g/mol. The average Bonchev–Trinajstić information content (AvgIpc) is 2.75. The van der Waals surface area contributed by atoms with Crippen molar-refractivity contribution in [2.75, 3.05) is 0 Å². The van der Waals surface area contributed by atoms with E-state index in [2.05, 4.69) is 68.7 Å². The third-order valence-electron chi connectivity index (χ3n) is 3.84. The summed E-state index contributed by atoms with van der Waals surface area (Å²) >= 11 is 0. The molecule has 0 bridgehead atoms. The molecule has 2 aromatic rings.